The molecule has 6 heteroatoms. The van der Waals surface area contributed by atoms with Crippen LogP contribution in [0.2, 0.25) is 0 Å². The standard InChI is InChI=1S/C16H16N4OS/c1-11-6-12(2)20-16(19-11)22-10-15(21)18-9-14-5-3-4-13(7-14)8-17/h3-7H,9-10H2,1-2H3,(H,18,21). The first kappa shape index (κ1) is 16.0. The number of carbonyl (C=O) groups excluding carboxylic acids is 1. The molecule has 0 aliphatic heterocycles. The van der Waals surface area contributed by atoms with E-state index in [4.69, 9.17) is 5.26 Å². The third kappa shape index (κ3) is 4.86. The molecule has 0 fully saturated rings. The highest BCUT2D eigenvalue weighted by atomic mass is 32.2. The molecule has 2 aromatic rings. The van der Waals surface area contributed by atoms with Crippen LogP contribution in [-0.2, 0) is 11.3 Å². The van der Waals surface area contributed by atoms with E-state index in [9.17, 15) is 4.79 Å². The highest BCUT2D eigenvalue weighted by Gasteiger charge is 2.06. The number of nitriles is 1. The normalized spacial score (nSPS) is 10.0. The summed E-state index contributed by atoms with van der Waals surface area (Å²) >= 11 is 1.31. The molecule has 22 heavy (non-hydrogen) atoms. The first-order valence-corrected chi connectivity index (χ1v) is 7.76. The van der Waals surface area contributed by atoms with Crippen LogP contribution >= 0.6 is 11.8 Å². The molecule has 0 bridgehead atoms. The van der Waals surface area contributed by atoms with Crippen molar-refractivity contribution in [2.45, 2.75) is 25.5 Å². The van der Waals surface area contributed by atoms with E-state index in [0.29, 0.717) is 17.3 Å². The largest absolute Gasteiger partial charge is 0.351 e. The Morgan fingerprint density at radius 1 is 1.27 bits per heavy atom. The van der Waals surface area contributed by atoms with Crippen molar-refractivity contribution in [3.63, 3.8) is 0 Å². The first-order valence-electron chi connectivity index (χ1n) is 6.77. The number of aryl methyl sites for hydroxylation is 2. The minimum atomic E-state index is -0.0879. The molecular weight excluding hydrogens is 296 g/mol. The topological polar surface area (TPSA) is 78.7 Å². The SMILES string of the molecule is Cc1cc(C)nc(SCC(=O)NCc2cccc(C#N)c2)n1. The van der Waals surface area contributed by atoms with Gasteiger partial charge in [-0.15, -0.1) is 0 Å². The van der Waals surface area contributed by atoms with Gasteiger partial charge in [-0.25, -0.2) is 9.97 Å². The molecule has 1 N–H and O–H groups in total. The lowest BCUT2D eigenvalue weighted by Gasteiger charge is -2.06. The lowest BCUT2D eigenvalue weighted by molar-refractivity contribution is -0.118. The van der Waals surface area contributed by atoms with Crippen molar-refractivity contribution in [2.75, 3.05) is 5.75 Å². The van der Waals surface area contributed by atoms with Crippen molar-refractivity contribution in [2.24, 2.45) is 0 Å². The maximum absolute atomic E-state index is 11.9. The van der Waals surface area contributed by atoms with Crippen molar-refractivity contribution < 1.29 is 4.79 Å². The van der Waals surface area contributed by atoms with E-state index in [0.717, 1.165) is 17.0 Å². The Hall–Kier alpha value is -2.39. The van der Waals surface area contributed by atoms with Gasteiger partial charge in [-0.2, -0.15) is 5.26 Å². The second kappa shape index (κ2) is 7.57. The number of thioether (sulfide) groups is 1. The van der Waals surface area contributed by atoms with Crippen LogP contribution in [0.5, 0.6) is 0 Å². The number of amides is 1. The molecular formula is C16H16N4OS. The maximum atomic E-state index is 11.9. The third-order valence-electron chi connectivity index (χ3n) is 2.84. The highest BCUT2D eigenvalue weighted by molar-refractivity contribution is 7.99. The molecule has 0 spiro atoms. The number of carbonyl (C=O) groups is 1. The Balaban J connectivity index is 1.84. The number of nitrogens with one attached hydrogen (secondary N) is 1. The predicted octanol–water partition coefficient (Wildman–Crippen LogP) is 2.37. The zero-order valence-corrected chi connectivity index (χ0v) is 13.3. The Bertz CT molecular complexity index is 704. The van der Waals surface area contributed by atoms with Crippen LogP contribution in [0.1, 0.15) is 22.5 Å². The number of benzene rings is 1. The molecule has 2 rings (SSSR count). The smallest absolute Gasteiger partial charge is 0.230 e. The zero-order valence-electron chi connectivity index (χ0n) is 12.5. The zero-order chi connectivity index (χ0) is 15.9. The summed E-state index contributed by atoms with van der Waals surface area (Å²) < 4.78 is 0. The van der Waals surface area contributed by atoms with Gasteiger partial charge in [0, 0.05) is 17.9 Å². The van der Waals surface area contributed by atoms with Crippen molar-refractivity contribution in [1.29, 1.82) is 5.26 Å². The maximum Gasteiger partial charge on any atom is 0.230 e. The molecule has 5 nitrogen and oxygen atoms in total. The van der Waals surface area contributed by atoms with Gasteiger partial charge in [0.05, 0.1) is 17.4 Å². The molecule has 0 aliphatic rings. The Labute approximate surface area is 133 Å². The summed E-state index contributed by atoms with van der Waals surface area (Å²) in [6, 6.07) is 11.2. The first-order chi connectivity index (χ1) is 10.6. The van der Waals surface area contributed by atoms with Crippen molar-refractivity contribution in [3.05, 3.63) is 52.8 Å². The molecule has 1 aromatic heterocycles. The molecule has 112 valence electrons. The van der Waals surface area contributed by atoms with Gasteiger partial charge in [0.2, 0.25) is 5.91 Å². The molecule has 0 atom stereocenters. The third-order valence-corrected chi connectivity index (χ3v) is 3.69. The van der Waals surface area contributed by atoms with E-state index in [1.807, 2.05) is 26.0 Å². The average molecular weight is 312 g/mol. The predicted molar refractivity (Wildman–Crippen MR) is 85.2 cm³/mol. The van der Waals surface area contributed by atoms with Crippen molar-refractivity contribution in [1.82, 2.24) is 15.3 Å². The molecule has 0 saturated carbocycles. The fourth-order valence-electron chi connectivity index (χ4n) is 1.89. The van der Waals surface area contributed by atoms with E-state index in [-0.39, 0.29) is 11.7 Å². The number of nitrogens with zero attached hydrogens (tertiary/aromatic N) is 3. The fourth-order valence-corrected chi connectivity index (χ4v) is 2.67. The summed E-state index contributed by atoms with van der Waals surface area (Å²) in [6.07, 6.45) is 0. The van der Waals surface area contributed by atoms with Crippen LogP contribution in [0.3, 0.4) is 0 Å². The highest BCUT2D eigenvalue weighted by Crippen LogP contribution is 2.13. The average Bonchev–Trinajstić information content (AvgIpc) is 2.50. The molecule has 0 radical (unpaired) electrons. The number of aromatic nitrogens is 2. The second-order valence-electron chi connectivity index (χ2n) is 4.81. The molecule has 0 saturated heterocycles. The summed E-state index contributed by atoms with van der Waals surface area (Å²) in [5.41, 5.74) is 3.28. The quantitative estimate of drug-likeness (QED) is 0.677. The number of rotatable bonds is 5. The van der Waals surface area contributed by atoms with E-state index in [1.165, 1.54) is 11.8 Å². The van der Waals surface area contributed by atoms with Gasteiger partial charge < -0.3 is 5.32 Å². The number of hydrogen-bond donors (Lipinski definition) is 1. The van der Waals surface area contributed by atoms with Crippen molar-refractivity contribution in [3.8, 4) is 6.07 Å². The van der Waals surface area contributed by atoms with Crippen LogP contribution in [0.4, 0.5) is 0 Å². The van der Waals surface area contributed by atoms with Crippen LogP contribution in [0.25, 0.3) is 0 Å². The van der Waals surface area contributed by atoms with Gasteiger partial charge in [0.1, 0.15) is 0 Å². The fraction of sp³-hybridized carbons (Fsp3) is 0.250. The number of hydrogen-bond acceptors (Lipinski definition) is 5. The van der Waals surface area contributed by atoms with E-state index >= 15 is 0 Å². The van der Waals surface area contributed by atoms with Crippen LogP contribution < -0.4 is 5.32 Å². The van der Waals surface area contributed by atoms with Crippen LogP contribution in [-0.4, -0.2) is 21.6 Å². The summed E-state index contributed by atoms with van der Waals surface area (Å²) in [6.45, 7) is 4.21. The van der Waals surface area contributed by atoms with Gasteiger partial charge in [-0.05, 0) is 37.6 Å². The van der Waals surface area contributed by atoms with E-state index in [2.05, 4.69) is 21.4 Å². The van der Waals surface area contributed by atoms with Gasteiger partial charge in [-0.1, -0.05) is 23.9 Å². The summed E-state index contributed by atoms with van der Waals surface area (Å²) in [7, 11) is 0. The summed E-state index contributed by atoms with van der Waals surface area (Å²) in [5, 5.41) is 12.3. The van der Waals surface area contributed by atoms with Gasteiger partial charge in [0.15, 0.2) is 5.16 Å². The second-order valence-corrected chi connectivity index (χ2v) is 5.75. The van der Waals surface area contributed by atoms with E-state index < -0.39 is 0 Å². The molecule has 1 aromatic carbocycles. The monoisotopic (exact) mass is 312 g/mol. The lowest BCUT2D eigenvalue weighted by Crippen LogP contribution is -2.24. The molecule has 0 aliphatic carbocycles. The Morgan fingerprint density at radius 2 is 2.00 bits per heavy atom. The van der Waals surface area contributed by atoms with Crippen molar-refractivity contribution >= 4 is 17.7 Å². The molecule has 1 heterocycles. The summed E-state index contributed by atoms with van der Waals surface area (Å²) in [4.78, 5) is 20.4. The van der Waals surface area contributed by atoms with Crippen LogP contribution in [0, 0.1) is 25.2 Å². The van der Waals surface area contributed by atoms with Crippen LogP contribution in [0.15, 0.2) is 35.5 Å². The summed E-state index contributed by atoms with van der Waals surface area (Å²) in [5.74, 6) is 0.177. The molecule has 1 amide bonds. The van der Waals surface area contributed by atoms with E-state index in [1.54, 1.807) is 18.2 Å². The van der Waals surface area contributed by atoms with Gasteiger partial charge in [-0.3, -0.25) is 4.79 Å². The minimum absolute atomic E-state index is 0.0879. The lowest BCUT2D eigenvalue weighted by atomic mass is 10.1. The Morgan fingerprint density at radius 3 is 2.68 bits per heavy atom. The van der Waals surface area contributed by atoms with Gasteiger partial charge in [0.25, 0.3) is 0 Å². The van der Waals surface area contributed by atoms with Gasteiger partial charge >= 0.3 is 0 Å². The minimum Gasteiger partial charge on any atom is -0.351 e. The Kier molecular flexibility index (Phi) is 5.50. The molecule has 0 unspecified atom stereocenters.